The van der Waals surface area contributed by atoms with Gasteiger partial charge in [0.25, 0.3) is 0 Å². The number of rotatable bonds is 7. The largest absolute Gasteiger partial charge is 0.444 e. The molecule has 0 saturated heterocycles. The van der Waals surface area contributed by atoms with Crippen molar-refractivity contribution in [1.29, 1.82) is 0 Å². The SMILES string of the molecule is CCNC(=NCCc1ccc(Cl)nc1)NCCNC(=O)OC(C)(C)C. The fourth-order valence-electron chi connectivity index (χ4n) is 1.85. The number of amides is 1. The summed E-state index contributed by atoms with van der Waals surface area (Å²) in [4.78, 5) is 20.1. The number of carbonyl (C=O) groups is 1. The molecule has 0 bridgehead atoms. The molecule has 0 aliphatic rings. The first-order valence-corrected chi connectivity index (χ1v) is 8.77. The number of aromatic nitrogens is 1. The minimum atomic E-state index is -0.496. The molecular weight excluding hydrogens is 342 g/mol. The highest BCUT2D eigenvalue weighted by Gasteiger charge is 2.15. The normalized spacial score (nSPS) is 11.8. The summed E-state index contributed by atoms with van der Waals surface area (Å²) in [6.45, 7) is 9.87. The van der Waals surface area contributed by atoms with E-state index in [2.05, 4.69) is 25.9 Å². The monoisotopic (exact) mass is 369 g/mol. The van der Waals surface area contributed by atoms with E-state index in [0.717, 1.165) is 18.5 Å². The van der Waals surface area contributed by atoms with Gasteiger partial charge in [-0.1, -0.05) is 17.7 Å². The molecule has 0 aromatic carbocycles. The maximum atomic E-state index is 11.6. The Morgan fingerprint density at radius 3 is 2.56 bits per heavy atom. The van der Waals surface area contributed by atoms with E-state index in [1.165, 1.54) is 0 Å². The van der Waals surface area contributed by atoms with E-state index in [-0.39, 0.29) is 0 Å². The molecule has 0 radical (unpaired) electrons. The van der Waals surface area contributed by atoms with Gasteiger partial charge in [0, 0.05) is 32.4 Å². The maximum absolute atomic E-state index is 11.6. The molecule has 0 aliphatic heterocycles. The number of ether oxygens (including phenoxy) is 1. The number of hydrogen-bond acceptors (Lipinski definition) is 4. The number of alkyl carbamates (subject to hydrolysis) is 1. The van der Waals surface area contributed by atoms with E-state index in [4.69, 9.17) is 16.3 Å². The average molecular weight is 370 g/mol. The number of aliphatic imine (C=N–C) groups is 1. The molecule has 8 heteroatoms. The van der Waals surface area contributed by atoms with Gasteiger partial charge in [0.2, 0.25) is 0 Å². The Morgan fingerprint density at radius 2 is 1.96 bits per heavy atom. The molecule has 1 aromatic heterocycles. The van der Waals surface area contributed by atoms with Gasteiger partial charge in [0.05, 0.1) is 0 Å². The second-order valence-electron chi connectivity index (χ2n) is 6.36. The Bertz CT molecular complexity index is 555. The topological polar surface area (TPSA) is 87.6 Å². The smallest absolute Gasteiger partial charge is 0.407 e. The third kappa shape index (κ3) is 10.4. The molecule has 1 heterocycles. The summed E-state index contributed by atoms with van der Waals surface area (Å²) in [5.41, 5.74) is 0.584. The number of nitrogens with one attached hydrogen (secondary N) is 3. The molecule has 25 heavy (non-hydrogen) atoms. The quantitative estimate of drug-likeness (QED) is 0.297. The van der Waals surface area contributed by atoms with E-state index in [1.807, 2.05) is 33.8 Å². The van der Waals surface area contributed by atoms with Crippen LogP contribution in [0.3, 0.4) is 0 Å². The summed E-state index contributed by atoms with van der Waals surface area (Å²) >= 11 is 5.77. The van der Waals surface area contributed by atoms with Crippen LogP contribution in [0.1, 0.15) is 33.3 Å². The number of pyridine rings is 1. The Kier molecular flexibility index (Phi) is 9.05. The minimum Gasteiger partial charge on any atom is -0.444 e. The van der Waals surface area contributed by atoms with Crippen molar-refractivity contribution >= 4 is 23.7 Å². The summed E-state index contributed by atoms with van der Waals surface area (Å²) in [6.07, 6.45) is 2.10. The molecule has 1 rings (SSSR count). The van der Waals surface area contributed by atoms with Gasteiger partial charge in [-0.25, -0.2) is 9.78 Å². The van der Waals surface area contributed by atoms with Gasteiger partial charge in [-0.3, -0.25) is 4.99 Å². The third-order valence-electron chi connectivity index (χ3n) is 2.89. The molecule has 0 saturated carbocycles. The van der Waals surface area contributed by atoms with E-state index in [1.54, 1.807) is 12.3 Å². The average Bonchev–Trinajstić information content (AvgIpc) is 2.51. The molecule has 0 spiro atoms. The van der Waals surface area contributed by atoms with Crippen molar-refractivity contribution in [3.63, 3.8) is 0 Å². The highest BCUT2D eigenvalue weighted by Crippen LogP contribution is 2.06. The van der Waals surface area contributed by atoms with Crippen LogP contribution in [-0.2, 0) is 11.2 Å². The van der Waals surface area contributed by atoms with Crippen molar-refractivity contribution < 1.29 is 9.53 Å². The van der Waals surface area contributed by atoms with Crippen LogP contribution in [0.15, 0.2) is 23.3 Å². The zero-order valence-electron chi connectivity index (χ0n) is 15.4. The molecule has 3 N–H and O–H groups in total. The number of guanidine groups is 1. The van der Waals surface area contributed by atoms with Crippen molar-refractivity contribution in [2.75, 3.05) is 26.2 Å². The predicted octanol–water partition coefficient (Wildman–Crippen LogP) is 2.36. The lowest BCUT2D eigenvalue weighted by Crippen LogP contribution is -2.42. The van der Waals surface area contributed by atoms with Crippen molar-refractivity contribution in [1.82, 2.24) is 20.9 Å². The summed E-state index contributed by atoms with van der Waals surface area (Å²) < 4.78 is 5.18. The number of carbonyl (C=O) groups excluding carboxylic acids is 1. The second-order valence-corrected chi connectivity index (χ2v) is 6.74. The van der Waals surface area contributed by atoms with Gasteiger partial charge in [-0.15, -0.1) is 0 Å². The van der Waals surface area contributed by atoms with Crippen LogP contribution in [0, 0.1) is 0 Å². The van der Waals surface area contributed by atoms with Crippen molar-refractivity contribution in [3.05, 3.63) is 29.0 Å². The first-order chi connectivity index (χ1) is 11.8. The minimum absolute atomic E-state index is 0.425. The molecule has 7 nitrogen and oxygen atoms in total. The lowest BCUT2D eigenvalue weighted by Gasteiger charge is -2.19. The van der Waals surface area contributed by atoms with Crippen LogP contribution in [-0.4, -0.2) is 48.8 Å². The van der Waals surface area contributed by atoms with E-state index >= 15 is 0 Å². The molecule has 140 valence electrons. The second kappa shape index (κ2) is 10.8. The Labute approximate surface area is 154 Å². The first kappa shape index (κ1) is 21.0. The van der Waals surface area contributed by atoms with Gasteiger partial charge in [-0.05, 0) is 45.7 Å². The number of halogens is 1. The standard InChI is InChI=1S/C17H28ClN5O2/c1-5-19-15(20-9-8-13-6-7-14(18)23-12-13)21-10-11-22-16(24)25-17(2,3)4/h6-7,12H,5,8-11H2,1-4H3,(H,22,24)(H2,19,20,21). The third-order valence-corrected chi connectivity index (χ3v) is 3.11. The molecule has 0 unspecified atom stereocenters. The Hall–Kier alpha value is -2.02. The predicted molar refractivity (Wildman–Crippen MR) is 101 cm³/mol. The summed E-state index contributed by atoms with van der Waals surface area (Å²) in [6, 6.07) is 3.71. The lowest BCUT2D eigenvalue weighted by atomic mass is 10.2. The van der Waals surface area contributed by atoms with Crippen molar-refractivity contribution in [2.24, 2.45) is 4.99 Å². The Balaban J connectivity index is 2.33. The highest BCUT2D eigenvalue weighted by molar-refractivity contribution is 6.29. The highest BCUT2D eigenvalue weighted by atomic mass is 35.5. The van der Waals surface area contributed by atoms with Crippen LogP contribution in [0.4, 0.5) is 4.79 Å². The summed E-state index contributed by atoms with van der Waals surface area (Å²) in [7, 11) is 0. The molecule has 0 fully saturated rings. The molecular formula is C17H28ClN5O2. The van der Waals surface area contributed by atoms with Gasteiger partial charge in [0.15, 0.2) is 5.96 Å². The van der Waals surface area contributed by atoms with E-state index in [9.17, 15) is 4.79 Å². The van der Waals surface area contributed by atoms with Crippen LogP contribution in [0.2, 0.25) is 5.15 Å². The maximum Gasteiger partial charge on any atom is 0.407 e. The van der Waals surface area contributed by atoms with E-state index in [0.29, 0.717) is 30.7 Å². The fraction of sp³-hybridized carbons (Fsp3) is 0.588. The van der Waals surface area contributed by atoms with Gasteiger partial charge >= 0.3 is 6.09 Å². The van der Waals surface area contributed by atoms with Crippen LogP contribution < -0.4 is 16.0 Å². The van der Waals surface area contributed by atoms with E-state index < -0.39 is 11.7 Å². The summed E-state index contributed by atoms with van der Waals surface area (Å²) in [5.74, 6) is 0.704. The first-order valence-electron chi connectivity index (χ1n) is 8.39. The molecule has 1 amide bonds. The van der Waals surface area contributed by atoms with Crippen LogP contribution in [0.5, 0.6) is 0 Å². The van der Waals surface area contributed by atoms with Gasteiger partial charge in [-0.2, -0.15) is 0 Å². The molecule has 0 atom stereocenters. The lowest BCUT2D eigenvalue weighted by molar-refractivity contribution is 0.0529. The zero-order valence-corrected chi connectivity index (χ0v) is 16.1. The van der Waals surface area contributed by atoms with Gasteiger partial charge in [0.1, 0.15) is 10.8 Å². The number of nitrogens with zero attached hydrogens (tertiary/aromatic N) is 2. The van der Waals surface area contributed by atoms with Crippen LogP contribution >= 0.6 is 11.6 Å². The van der Waals surface area contributed by atoms with Crippen molar-refractivity contribution in [2.45, 2.75) is 39.7 Å². The molecule has 1 aromatic rings. The fourth-order valence-corrected chi connectivity index (χ4v) is 1.96. The van der Waals surface area contributed by atoms with Gasteiger partial charge < -0.3 is 20.7 Å². The summed E-state index contributed by atoms with van der Waals surface area (Å²) in [5, 5.41) is 9.51. The van der Waals surface area contributed by atoms with Crippen LogP contribution in [0.25, 0.3) is 0 Å². The Morgan fingerprint density at radius 1 is 1.24 bits per heavy atom. The zero-order chi connectivity index (χ0) is 18.7. The molecule has 0 aliphatic carbocycles. The van der Waals surface area contributed by atoms with Crippen molar-refractivity contribution in [3.8, 4) is 0 Å². The number of hydrogen-bond donors (Lipinski definition) is 3.